The summed E-state index contributed by atoms with van der Waals surface area (Å²) in [7, 11) is 3.14. The van der Waals surface area contributed by atoms with Crippen LogP contribution in [0.3, 0.4) is 0 Å². The van der Waals surface area contributed by atoms with Crippen molar-refractivity contribution in [3.63, 3.8) is 0 Å². The Bertz CT molecular complexity index is 734. The van der Waals surface area contributed by atoms with E-state index in [0.717, 1.165) is 5.56 Å². The molecule has 0 aliphatic carbocycles. The minimum Gasteiger partial charge on any atom is -0.497 e. The lowest BCUT2D eigenvalue weighted by Crippen LogP contribution is -2.48. The molecule has 2 amide bonds. The van der Waals surface area contributed by atoms with E-state index in [4.69, 9.17) is 9.47 Å². The molecule has 2 aromatic rings. The van der Waals surface area contributed by atoms with Crippen molar-refractivity contribution < 1.29 is 19.1 Å². The van der Waals surface area contributed by atoms with E-state index >= 15 is 0 Å². The second-order valence-electron chi connectivity index (χ2n) is 5.77. The van der Waals surface area contributed by atoms with Crippen molar-refractivity contribution in [2.75, 3.05) is 20.8 Å². The Morgan fingerprint density at radius 1 is 1.08 bits per heavy atom. The van der Waals surface area contributed by atoms with Gasteiger partial charge in [-0.25, -0.2) is 0 Å². The van der Waals surface area contributed by atoms with Gasteiger partial charge in [-0.3, -0.25) is 9.59 Å². The van der Waals surface area contributed by atoms with Crippen LogP contribution in [0.1, 0.15) is 12.5 Å². The lowest BCUT2D eigenvalue weighted by Gasteiger charge is -2.28. The van der Waals surface area contributed by atoms with Gasteiger partial charge in [-0.1, -0.05) is 30.3 Å². The second kappa shape index (κ2) is 9.46. The third-order valence-corrected chi connectivity index (χ3v) is 4.01. The minimum atomic E-state index is -0.627. The highest BCUT2D eigenvalue weighted by atomic mass is 16.5. The van der Waals surface area contributed by atoms with Gasteiger partial charge in [0.25, 0.3) is 5.91 Å². The van der Waals surface area contributed by atoms with E-state index in [1.165, 1.54) is 4.90 Å². The number of hydrogen-bond donors (Lipinski definition) is 1. The van der Waals surface area contributed by atoms with E-state index in [1.54, 1.807) is 33.2 Å². The fourth-order valence-corrected chi connectivity index (χ4v) is 2.50. The van der Waals surface area contributed by atoms with Gasteiger partial charge in [0.05, 0.1) is 7.11 Å². The van der Waals surface area contributed by atoms with Crippen LogP contribution in [-0.4, -0.2) is 43.5 Å². The summed E-state index contributed by atoms with van der Waals surface area (Å²) in [6.07, 6.45) is 0. The van der Waals surface area contributed by atoms with Crippen molar-refractivity contribution >= 4 is 11.8 Å². The van der Waals surface area contributed by atoms with Gasteiger partial charge in [-0.2, -0.15) is 0 Å². The fourth-order valence-electron chi connectivity index (χ4n) is 2.50. The summed E-state index contributed by atoms with van der Waals surface area (Å²) in [5, 5.41) is 2.58. The number of likely N-dealkylation sites (N-methyl/N-ethyl adjacent to an activating group) is 1. The summed E-state index contributed by atoms with van der Waals surface area (Å²) in [6, 6.07) is 15.9. The maximum atomic E-state index is 12.7. The van der Waals surface area contributed by atoms with E-state index in [0.29, 0.717) is 11.5 Å². The number of methoxy groups -OCH3 is 1. The van der Waals surface area contributed by atoms with E-state index in [1.807, 2.05) is 42.5 Å². The standard InChI is InChI=1S/C20H24N2O4/c1-15(20(24)21-2)22(13-16-8-7-11-18(12-16)25-3)19(23)14-26-17-9-5-4-6-10-17/h4-12,15H,13-14H2,1-3H3,(H,21,24). The molecule has 0 saturated carbocycles. The summed E-state index contributed by atoms with van der Waals surface area (Å²) in [5.74, 6) is 0.798. The highest BCUT2D eigenvalue weighted by Gasteiger charge is 2.25. The molecule has 0 saturated heterocycles. The van der Waals surface area contributed by atoms with E-state index < -0.39 is 6.04 Å². The van der Waals surface area contributed by atoms with Gasteiger partial charge in [0, 0.05) is 13.6 Å². The molecule has 2 rings (SSSR count). The number of benzene rings is 2. The molecule has 1 atom stereocenters. The Hall–Kier alpha value is -3.02. The van der Waals surface area contributed by atoms with E-state index in [-0.39, 0.29) is 25.0 Å². The third-order valence-electron chi connectivity index (χ3n) is 4.01. The zero-order valence-electron chi connectivity index (χ0n) is 15.3. The van der Waals surface area contributed by atoms with Crippen LogP contribution in [0.25, 0.3) is 0 Å². The molecule has 138 valence electrons. The van der Waals surface area contributed by atoms with Crippen molar-refractivity contribution in [2.45, 2.75) is 19.5 Å². The van der Waals surface area contributed by atoms with Crippen LogP contribution in [-0.2, 0) is 16.1 Å². The highest BCUT2D eigenvalue weighted by Crippen LogP contribution is 2.16. The van der Waals surface area contributed by atoms with Crippen molar-refractivity contribution in [1.82, 2.24) is 10.2 Å². The highest BCUT2D eigenvalue weighted by molar-refractivity contribution is 5.87. The van der Waals surface area contributed by atoms with Crippen molar-refractivity contribution in [3.05, 3.63) is 60.2 Å². The molecule has 1 unspecified atom stereocenters. The predicted octanol–water partition coefficient (Wildman–Crippen LogP) is 2.24. The van der Waals surface area contributed by atoms with Crippen LogP contribution in [0.4, 0.5) is 0 Å². The Labute approximate surface area is 153 Å². The average molecular weight is 356 g/mol. The molecule has 0 spiro atoms. The number of amides is 2. The molecule has 0 aliphatic heterocycles. The molecule has 0 radical (unpaired) electrons. The maximum Gasteiger partial charge on any atom is 0.261 e. The van der Waals surface area contributed by atoms with Crippen molar-refractivity contribution in [3.8, 4) is 11.5 Å². The predicted molar refractivity (Wildman–Crippen MR) is 99.0 cm³/mol. The van der Waals surface area contributed by atoms with E-state index in [2.05, 4.69) is 5.32 Å². The summed E-state index contributed by atoms with van der Waals surface area (Å²) in [6.45, 7) is 1.83. The average Bonchev–Trinajstić information content (AvgIpc) is 2.70. The zero-order valence-corrected chi connectivity index (χ0v) is 15.3. The van der Waals surface area contributed by atoms with E-state index in [9.17, 15) is 9.59 Å². The maximum absolute atomic E-state index is 12.7. The van der Waals surface area contributed by atoms with Crippen molar-refractivity contribution in [1.29, 1.82) is 0 Å². The molecule has 26 heavy (non-hydrogen) atoms. The number of ether oxygens (including phenoxy) is 2. The van der Waals surface area contributed by atoms with Gasteiger partial charge in [0.2, 0.25) is 5.91 Å². The number of nitrogens with zero attached hydrogens (tertiary/aromatic N) is 1. The van der Waals surface area contributed by atoms with Gasteiger partial charge in [0.1, 0.15) is 17.5 Å². The third kappa shape index (κ3) is 5.24. The molecule has 0 aliphatic rings. The molecule has 1 N–H and O–H groups in total. The topological polar surface area (TPSA) is 67.9 Å². The molecule has 0 aromatic heterocycles. The Balaban J connectivity index is 2.14. The summed E-state index contributed by atoms with van der Waals surface area (Å²) in [4.78, 5) is 26.3. The van der Waals surface area contributed by atoms with Crippen LogP contribution < -0.4 is 14.8 Å². The first-order valence-corrected chi connectivity index (χ1v) is 8.37. The Morgan fingerprint density at radius 3 is 2.42 bits per heavy atom. The normalized spacial score (nSPS) is 11.3. The fraction of sp³-hybridized carbons (Fsp3) is 0.300. The van der Waals surface area contributed by atoms with Gasteiger partial charge >= 0.3 is 0 Å². The minimum absolute atomic E-state index is 0.144. The summed E-state index contributed by atoms with van der Waals surface area (Å²) < 4.78 is 10.8. The van der Waals surface area contributed by atoms with Gasteiger partial charge in [-0.15, -0.1) is 0 Å². The number of carbonyl (C=O) groups excluding carboxylic acids is 2. The van der Waals surface area contributed by atoms with Crippen LogP contribution >= 0.6 is 0 Å². The number of hydrogen-bond acceptors (Lipinski definition) is 4. The first kappa shape index (κ1) is 19.3. The number of para-hydroxylation sites is 1. The molecular formula is C20H24N2O4. The Morgan fingerprint density at radius 2 is 1.77 bits per heavy atom. The summed E-state index contributed by atoms with van der Waals surface area (Å²) in [5.41, 5.74) is 0.869. The second-order valence-corrected chi connectivity index (χ2v) is 5.77. The van der Waals surface area contributed by atoms with Crippen LogP contribution in [0, 0.1) is 0 Å². The molecular weight excluding hydrogens is 332 g/mol. The first-order valence-electron chi connectivity index (χ1n) is 8.37. The number of nitrogens with one attached hydrogen (secondary N) is 1. The molecule has 6 nitrogen and oxygen atoms in total. The molecule has 6 heteroatoms. The quantitative estimate of drug-likeness (QED) is 0.788. The molecule has 2 aromatic carbocycles. The summed E-state index contributed by atoms with van der Waals surface area (Å²) >= 11 is 0. The molecule has 0 fully saturated rings. The lowest BCUT2D eigenvalue weighted by atomic mass is 10.1. The largest absolute Gasteiger partial charge is 0.497 e. The number of rotatable bonds is 8. The lowest BCUT2D eigenvalue weighted by molar-refractivity contribution is -0.142. The monoisotopic (exact) mass is 356 g/mol. The SMILES string of the molecule is CNC(=O)C(C)N(Cc1cccc(OC)c1)C(=O)COc1ccccc1. The first-order chi connectivity index (χ1) is 12.5. The van der Waals surface area contributed by atoms with Gasteiger partial charge in [-0.05, 0) is 36.8 Å². The zero-order chi connectivity index (χ0) is 18.9. The number of carbonyl (C=O) groups is 2. The van der Waals surface area contributed by atoms with Gasteiger partial charge < -0.3 is 19.7 Å². The van der Waals surface area contributed by atoms with Crippen LogP contribution in [0.2, 0.25) is 0 Å². The smallest absolute Gasteiger partial charge is 0.261 e. The molecule has 0 bridgehead atoms. The van der Waals surface area contributed by atoms with Crippen molar-refractivity contribution in [2.24, 2.45) is 0 Å². The Kier molecular flexibility index (Phi) is 7.02. The van der Waals surface area contributed by atoms with Crippen LogP contribution in [0.15, 0.2) is 54.6 Å². The van der Waals surface area contributed by atoms with Gasteiger partial charge in [0.15, 0.2) is 6.61 Å². The molecule has 0 heterocycles. The van der Waals surface area contributed by atoms with Crippen LogP contribution in [0.5, 0.6) is 11.5 Å².